The van der Waals surface area contributed by atoms with Crippen LogP contribution < -0.4 is 0 Å². The molecule has 0 saturated carbocycles. The van der Waals surface area contributed by atoms with Crippen LogP contribution in [-0.2, 0) is 0 Å². The maximum Gasteiger partial charge on any atom is 0.123 e. The Morgan fingerprint density at radius 2 is 1.90 bits per heavy atom. The molecule has 0 aliphatic carbocycles. The molecule has 1 aromatic carbocycles. The van der Waals surface area contributed by atoms with Crippen molar-refractivity contribution < 1.29 is 0 Å². The number of aliphatic imine (C=N–C) groups is 1. The van der Waals surface area contributed by atoms with Gasteiger partial charge in [0.2, 0.25) is 0 Å². The van der Waals surface area contributed by atoms with Crippen LogP contribution in [0.2, 0.25) is 0 Å². The van der Waals surface area contributed by atoms with Gasteiger partial charge in [-0.25, -0.2) is 0 Å². The lowest BCUT2D eigenvalue weighted by Crippen LogP contribution is -2.40. The molecule has 2 heteroatoms. The van der Waals surface area contributed by atoms with Crippen molar-refractivity contribution in [2.45, 2.75) is 45.7 Å². The molecule has 1 fully saturated rings. The molecule has 2 heterocycles. The molecule has 1 unspecified atom stereocenters. The molecular formula is C18H24N2. The quantitative estimate of drug-likeness (QED) is 0.783. The molecule has 1 saturated heterocycles. The Bertz CT molecular complexity index is 513. The van der Waals surface area contributed by atoms with Crippen molar-refractivity contribution in [3.8, 4) is 0 Å². The maximum absolute atomic E-state index is 5.04. The van der Waals surface area contributed by atoms with E-state index in [-0.39, 0.29) is 0 Å². The molecule has 0 amide bonds. The van der Waals surface area contributed by atoms with Gasteiger partial charge in [-0.1, -0.05) is 50.6 Å². The Morgan fingerprint density at radius 3 is 2.65 bits per heavy atom. The van der Waals surface area contributed by atoms with Crippen molar-refractivity contribution in [1.82, 2.24) is 4.90 Å². The minimum absolute atomic E-state index is 0.309. The van der Waals surface area contributed by atoms with Gasteiger partial charge in [0, 0.05) is 12.2 Å². The molecule has 3 rings (SSSR count). The summed E-state index contributed by atoms with van der Waals surface area (Å²) in [5, 5.41) is 0. The van der Waals surface area contributed by atoms with Crippen molar-refractivity contribution in [3.63, 3.8) is 0 Å². The van der Waals surface area contributed by atoms with Crippen molar-refractivity contribution in [3.05, 3.63) is 47.7 Å². The molecule has 2 nitrogen and oxygen atoms in total. The zero-order valence-electron chi connectivity index (χ0n) is 12.5. The number of fused-ring (bicyclic) bond motifs is 1. The van der Waals surface area contributed by atoms with Crippen LogP contribution >= 0.6 is 0 Å². The first-order chi connectivity index (χ1) is 9.75. The van der Waals surface area contributed by atoms with Crippen LogP contribution in [0.3, 0.4) is 0 Å². The first kappa shape index (κ1) is 13.4. The van der Waals surface area contributed by atoms with Crippen LogP contribution in [0.4, 0.5) is 0 Å². The second-order valence-corrected chi connectivity index (χ2v) is 6.18. The number of hydrogen-bond donors (Lipinski definition) is 0. The van der Waals surface area contributed by atoms with Crippen LogP contribution in [0.1, 0.15) is 45.1 Å². The van der Waals surface area contributed by atoms with Gasteiger partial charge in [-0.15, -0.1) is 0 Å². The lowest BCUT2D eigenvalue weighted by Gasteiger charge is -2.37. The van der Waals surface area contributed by atoms with E-state index in [4.69, 9.17) is 4.99 Å². The molecule has 20 heavy (non-hydrogen) atoms. The Labute approximate surface area is 122 Å². The third-order valence-corrected chi connectivity index (χ3v) is 4.26. The zero-order chi connectivity index (χ0) is 13.9. The summed E-state index contributed by atoms with van der Waals surface area (Å²) in [5.74, 6) is 0.551. The summed E-state index contributed by atoms with van der Waals surface area (Å²) in [7, 11) is 0. The van der Waals surface area contributed by atoms with E-state index >= 15 is 0 Å². The summed E-state index contributed by atoms with van der Waals surface area (Å²) >= 11 is 0. The fourth-order valence-electron chi connectivity index (χ4n) is 3.19. The van der Waals surface area contributed by atoms with Crippen LogP contribution in [0.25, 0.3) is 0 Å². The van der Waals surface area contributed by atoms with Crippen molar-refractivity contribution in [2.75, 3.05) is 6.54 Å². The lowest BCUT2D eigenvalue weighted by molar-refractivity contribution is 0.204. The van der Waals surface area contributed by atoms with E-state index in [9.17, 15) is 0 Å². The summed E-state index contributed by atoms with van der Waals surface area (Å²) in [6.07, 6.45) is 7.79. The monoisotopic (exact) mass is 268 g/mol. The molecule has 0 aromatic heterocycles. The number of rotatable bonds is 2. The Hall–Kier alpha value is -1.57. The highest BCUT2D eigenvalue weighted by Gasteiger charge is 2.28. The van der Waals surface area contributed by atoms with Crippen LogP contribution in [0, 0.1) is 5.92 Å². The van der Waals surface area contributed by atoms with E-state index in [0.717, 1.165) is 5.71 Å². The fourth-order valence-corrected chi connectivity index (χ4v) is 3.19. The van der Waals surface area contributed by atoms with E-state index < -0.39 is 0 Å². The smallest absolute Gasteiger partial charge is 0.123 e. The van der Waals surface area contributed by atoms with E-state index in [1.807, 2.05) is 0 Å². The van der Waals surface area contributed by atoms with Gasteiger partial charge >= 0.3 is 0 Å². The normalized spacial score (nSPS) is 22.9. The molecule has 0 bridgehead atoms. The summed E-state index contributed by atoms with van der Waals surface area (Å²) in [6, 6.07) is 10.6. The van der Waals surface area contributed by atoms with Crippen molar-refractivity contribution in [1.29, 1.82) is 0 Å². The van der Waals surface area contributed by atoms with Crippen molar-refractivity contribution in [2.24, 2.45) is 10.9 Å². The van der Waals surface area contributed by atoms with Crippen LogP contribution in [0.15, 0.2) is 47.1 Å². The highest BCUT2D eigenvalue weighted by Crippen LogP contribution is 2.30. The number of nitrogens with zero attached hydrogens (tertiary/aromatic N) is 2. The SMILES string of the molecule is CC(C)C1N=C(c2ccccc2)C=C2CCCCCN21. The zero-order valence-corrected chi connectivity index (χ0v) is 12.5. The predicted octanol–water partition coefficient (Wildman–Crippen LogP) is 4.23. The fraction of sp³-hybridized carbons (Fsp3) is 0.500. The maximum atomic E-state index is 5.04. The van der Waals surface area contributed by atoms with Gasteiger partial charge in [0.25, 0.3) is 0 Å². The van der Waals surface area contributed by atoms with Crippen molar-refractivity contribution >= 4 is 5.71 Å². The first-order valence-corrected chi connectivity index (χ1v) is 7.86. The van der Waals surface area contributed by atoms with Gasteiger partial charge in [-0.2, -0.15) is 0 Å². The third-order valence-electron chi connectivity index (χ3n) is 4.26. The summed E-state index contributed by atoms with van der Waals surface area (Å²) in [4.78, 5) is 7.59. The molecule has 0 N–H and O–H groups in total. The minimum atomic E-state index is 0.309. The summed E-state index contributed by atoms with van der Waals surface area (Å²) in [6.45, 7) is 5.73. The Morgan fingerprint density at radius 1 is 1.10 bits per heavy atom. The van der Waals surface area contributed by atoms with E-state index in [2.05, 4.69) is 55.2 Å². The average Bonchev–Trinajstić information content (AvgIpc) is 2.72. The van der Waals surface area contributed by atoms with Gasteiger partial charge in [0.1, 0.15) is 6.17 Å². The van der Waals surface area contributed by atoms with E-state index in [1.54, 1.807) is 0 Å². The van der Waals surface area contributed by atoms with Gasteiger partial charge in [0.05, 0.1) is 5.71 Å². The van der Waals surface area contributed by atoms with E-state index in [0.29, 0.717) is 12.1 Å². The Kier molecular flexibility index (Phi) is 3.90. The summed E-state index contributed by atoms with van der Waals surface area (Å²) in [5.41, 5.74) is 3.90. The van der Waals surface area contributed by atoms with Gasteiger partial charge in [-0.3, -0.25) is 4.99 Å². The molecule has 1 aromatic rings. The molecule has 106 valence electrons. The number of hydrogen-bond acceptors (Lipinski definition) is 2. The second kappa shape index (κ2) is 5.82. The summed E-state index contributed by atoms with van der Waals surface area (Å²) < 4.78 is 0. The topological polar surface area (TPSA) is 15.6 Å². The van der Waals surface area contributed by atoms with Crippen LogP contribution in [-0.4, -0.2) is 23.3 Å². The molecule has 1 atom stereocenters. The first-order valence-electron chi connectivity index (χ1n) is 7.86. The van der Waals surface area contributed by atoms with Gasteiger partial charge < -0.3 is 4.90 Å². The molecule has 0 radical (unpaired) electrons. The molecule has 2 aliphatic rings. The van der Waals surface area contributed by atoms with E-state index in [1.165, 1.54) is 43.5 Å². The standard InChI is InChI=1S/C18H24N2/c1-14(2)18-19-17(15-9-5-3-6-10-15)13-16-11-7-4-8-12-20(16)18/h3,5-6,9-10,13-14,18H,4,7-8,11-12H2,1-2H3. The van der Waals surface area contributed by atoms with Gasteiger partial charge in [-0.05, 0) is 36.8 Å². The lowest BCUT2D eigenvalue weighted by atomic mass is 10.0. The largest absolute Gasteiger partial charge is 0.353 e. The second-order valence-electron chi connectivity index (χ2n) is 6.18. The Balaban J connectivity index is 1.98. The minimum Gasteiger partial charge on any atom is -0.353 e. The third kappa shape index (κ3) is 2.65. The molecule has 2 aliphatic heterocycles. The van der Waals surface area contributed by atoms with Gasteiger partial charge in [0.15, 0.2) is 0 Å². The average molecular weight is 268 g/mol. The molecular weight excluding hydrogens is 244 g/mol. The highest BCUT2D eigenvalue weighted by atomic mass is 15.3. The number of allylic oxidation sites excluding steroid dienone is 2. The highest BCUT2D eigenvalue weighted by molar-refractivity contribution is 6.09. The molecule has 0 spiro atoms. The van der Waals surface area contributed by atoms with Crippen LogP contribution in [0.5, 0.6) is 0 Å². The number of benzene rings is 1. The predicted molar refractivity (Wildman–Crippen MR) is 84.9 cm³/mol.